The van der Waals surface area contributed by atoms with Gasteiger partial charge in [0.2, 0.25) is 0 Å². The Morgan fingerprint density at radius 2 is 2.28 bits per heavy atom. The standard InChI is InChI=1S/C18H23N5O2/c1-21-8-6-20-17(21)18(24)23-7-4-16-15(13-23)22(9-10-25-16)12-14-3-2-5-19-11-14/h2-3,5-6,8,11,15-16H,4,7,9-10,12-13H2,1H3/t15-,16-/m0/s1. The number of fused-ring (bicyclic) bond motifs is 1. The van der Waals surface area contributed by atoms with Crippen molar-refractivity contribution in [3.05, 3.63) is 48.3 Å². The van der Waals surface area contributed by atoms with Crippen molar-refractivity contribution in [2.45, 2.75) is 25.1 Å². The van der Waals surface area contributed by atoms with Gasteiger partial charge in [-0.15, -0.1) is 0 Å². The van der Waals surface area contributed by atoms with Gasteiger partial charge in [-0.2, -0.15) is 0 Å². The van der Waals surface area contributed by atoms with Gasteiger partial charge in [-0.25, -0.2) is 4.98 Å². The molecule has 4 heterocycles. The first-order valence-electron chi connectivity index (χ1n) is 8.73. The van der Waals surface area contributed by atoms with E-state index < -0.39 is 0 Å². The summed E-state index contributed by atoms with van der Waals surface area (Å²) in [5, 5.41) is 0. The van der Waals surface area contributed by atoms with Crippen LogP contribution in [0.4, 0.5) is 0 Å². The summed E-state index contributed by atoms with van der Waals surface area (Å²) in [7, 11) is 1.85. The van der Waals surface area contributed by atoms with Crippen LogP contribution in [0.3, 0.4) is 0 Å². The molecule has 0 aromatic carbocycles. The van der Waals surface area contributed by atoms with E-state index in [1.54, 1.807) is 23.2 Å². The number of amides is 1. The molecule has 0 aliphatic carbocycles. The topological polar surface area (TPSA) is 63.5 Å². The Morgan fingerprint density at radius 1 is 1.36 bits per heavy atom. The normalized spacial score (nSPS) is 24.1. The highest BCUT2D eigenvalue weighted by atomic mass is 16.5. The molecule has 2 aliphatic rings. The summed E-state index contributed by atoms with van der Waals surface area (Å²) in [5.41, 5.74) is 1.19. The van der Waals surface area contributed by atoms with Crippen LogP contribution in [0, 0.1) is 0 Å². The molecule has 2 fully saturated rings. The van der Waals surface area contributed by atoms with Gasteiger partial charge in [-0.1, -0.05) is 6.07 Å². The largest absolute Gasteiger partial charge is 0.375 e. The molecule has 2 saturated heterocycles. The minimum Gasteiger partial charge on any atom is -0.375 e. The molecule has 1 amide bonds. The Bertz CT molecular complexity index is 732. The van der Waals surface area contributed by atoms with E-state index >= 15 is 0 Å². The molecule has 0 N–H and O–H groups in total. The number of rotatable bonds is 3. The van der Waals surface area contributed by atoms with Gasteiger partial charge in [0.25, 0.3) is 5.91 Å². The number of morpholine rings is 1. The fourth-order valence-corrected chi connectivity index (χ4v) is 3.76. The summed E-state index contributed by atoms with van der Waals surface area (Å²) < 4.78 is 7.75. The Labute approximate surface area is 147 Å². The second kappa shape index (κ2) is 6.93. The summed E-state index contributed by atoms with van der Waals surface area (Å²) in [6.07, 6.45) is 8.22. The van der Waals surface area contributed by atoms with E-state index in [1.807, 2.05) is 24.2 Å². The number of carbonyl (C=O) groups is 1. The van der Waals surface area contributed by atoms with Gasteiger partial charge in [-0.05, 0) is 18.1 Å². The van der Waals surface area contributed by atoms with E-state index in [0.717, 1.165) is 26.1 Å². The molecule has 0 radical (unpaired) electrons. The maximum atomic E-state index is 12.8. The van der Waals surface area contributed by atoms with Gasteiger partial charge in [-0.3, -0.25) is 14.7 Å². The van der Waals surface area contributed by atoms with Crippen LogP contribution in [0.1, 0.15) is 22.6 Å². The van der Waals surface area contributed by atoms with E-state index in [9.17, 15) is 4.79 Å². The van der Waals surface area contributed by atoms with E-state index in [-0.39, 0.29) is 18.1 Å². The fraction of sp³-hybridized carbons (Fsp3) is 0.500. The van der Waals surface area contributed by atoms with Crippen LogP contribution >= 0.6 is 0 Å². The van der Waals surface area contributed by atoms with E-state index in [0.29, 0.717) is 18.9 Å². The number of imidazole rings is 1. The number of ether oxygens (including phenoxy) is 1. The molecular weight excluding hydrogens is 318 g/mol. The van der Waals surface area contributed by atoms with Crippen molar-refractivity contribution in [2.75, 3.05) is 26.2 Å². The third-order valence-corrected chi connectivity index (χ3v) is 5.11. The first kappa shape index (κ1) is 16.2. The van der Waals surface area contributed by atoms with Crippen molar-refractivity contribution in [3.63, 3.8) is 0 Å². The van der Waals surface area contributed by atoms with Crippen molar-refractivity contribution in [2.24, 2.45) is 7.05 Å². The van der Waals surface area contributed by atoms with E-state index in [4.69, 9.17) is 4.74 Å². The number of aryl methyl sites for hydroxylation is 1. The smallest absolute Gasteiger partial charge is 0.289 e. The number of hydrogen-bond donors (Lipinski definition) is 0. The molecule has 7 heteroatoms. The van der Waals surface area contributed by atoms with Gasteiger partial charge in [0, 0.05) is 58.0 Å². The van der Waals surface area contributed by atoms with Crippen molar-refractivity contribution in [1.82, 2.24) is 24.3 Å². The first-order valence-corrected chi connectivity index (χ1v) is 8.73. The monoisotopic (exact) mass is 341 g/mol. The molecule has 2 atom stereocenters. The van der Waals surface area contributed by atoms with Crippen LogP contribution in [-0.4, -0.2) is 68.6 Å². The Morgan fingerprint density at radius 3 is 3.04 bits per heavy atom. The minimum absolute atomic E-state index is 0.00199. The molecular formula is C18H23N5O2. The molecule has 25 heavy (non-hydrogen) atoms. The molecule has 2 aliphatic heterocycles. The molecule has 0 bridgehead atoms. The second-order valence-electron chi connectivity index (χ2n) is 6.71. The molecule has 4 rings (SSSR count). The number of hydrogen-bond acceptors (Lipinski definition) is 5. The van der Waals surface area contributed by atoms with Crippen LogP contribution < -0.4 is 0 Å². The highest BCUT2D eigenvalue weighted by Gasteiger charge is 2.39. The number of likely N-dealkylation sites (tertiary alicyclic amines) is 1. The van der Waals surface area contributed by atoms with Crippen molar-refractivity contribution in [3.8, 4) is 0 Å². The zero-order chi connectivity index (χ0) is 17.2. The molecule has 7 nitrogen and oxygen atoms in total. The van der Waals surface area contributed by atoms with Gasteiger partial charge < -0.3 is 14.2 Å². The van der Waals surface area contributed by atoms with Gasteiger partial charge in [0.1, 0.15) is 0 Å². The van der Waals surface area contributed by atoms with Gasteiger partial charge in [0.15, 0.2) is 5.82 Å². The summed E-state index contributed by atoms with van der Waals surface area (Å²) in [4.78, 5) is 25.5. The lowest BCUT2D eigenvalue weighted by Gasteiger charge is -2.47. The fourth-order valence-electron chi connectivity index (χ4n) is 3.76. The van der Waals surface area contributed by atoms with Crippen LogP contribution in [-0.2, 0) is 18.3 Å². The van der Waals surface area contributed by atoms with Crippen LogP contribution in [0.5, 0.6) is 0 Å². The third-order valence-electron chi connectivity index (χ3n) is 5.11. The molecule has 0 unspecified atom stereocenters. The highest BCUT2D eigenvalue weighted by Crippen LogP contribution is 2.25. The van der Waals surface area contributed by atoms with Crippen LogP contribution in [0.15, 0.2) is 36.9 Å². The average Bonchev–Trinajstić information content (AvgIpc) is 3.08. The molecule has 0 spiro atoms. The van der Waals surface area contributed by atoms with Gasteiger partial charge >= 0.3 is 0 Å². The SMILES string of the molecule is Cn1ccnc1C(=O)N1CC[C@@H]2OCCN(Cc3cccnc3)[C@H]2C1. The molecule has 132 valence electrons. The van der Waals surface area contributed by atoms with Crippen molar-refractivity contribution >= 4 is 5.91 Å². The third kappa shape index (κ3) is 3.29. The maximum Gasteiger partial charge on any atom is 0.289 e. The lowest BCUT2D eigenvalue weighted by atomic mass is 9.98. The zero-order valence-electron chi connectivity index (χ0n) is 14.4. The van der Waals surface area contributed by atoms with Crippen molar-refractivity contribution in [1.29, 1.82) is 0 Å². The summed E-state index contributed by atoms with van der Waals surface area (Å²) in [5.74, 6) is 0.492. The number of aromatic nitrogens is 3. The molecule has 0 saturated carbocycles. The Balaban J connectivity index is 1.49. The number of piperidine rings is 1. The van der Waals surface area contributed by atoms with E-state index in [1.165, 1.54) is 5.56 Å². The maximum absolute atomic E-state index is 12.8. The van der Waals surface area contributed by atoms with E-state index in [2.05, 4.69) is 20.9 Å². The quantitative estimate of drug-likeness (QED) is 0.831. The first-order chi connectivity index (χ1) is 12.2. The summed E-state index contributed by atoms with van der Waals surface area (Å²) in [6.45, 7) is 3.85. The van der Waals surface area contributed by atoms with Crippen LogP contribution in [0.25, 0.3) is 0 Å². The second-order valence-corrected chi connectivity index (χ2v) is 6.71. The number of nitrogens with zero attached hydrogens (tertiary/aromatic N) is 5. The number of carbonyl (C=O) groups excluding carboxylic acids is 1. The summed E-state index contributed by atoms with van der Waals surface area (Å²) in [6, 6.07) is 4.27. The predicted molar refractivity (Wildman–Crippen MR) is 91.9 cm³/mol. The lowest BCUT2D eigenvalue weighted by Crippen LogP contribution is -2.60. The lowest BCUT2D eigenvalue weighted by molar-refractivity contribution is -0.101. The zero-order valence-corrected chi connectivity index (χ0v) is 14.4. The summed E-state index contributed by atoms with van der Waals surface area (Å²) >= 11 is 0. The Kier molecular flexibility index (Phi) is 4.50. The molecule has 2 aromatic rings. The van der Waals surface area contributed by atoms with Crippen molar-refractivity contribution < 1.29 is 9.53 Å². The van der Waals surface area contributed by atoms with Crippen LogP contribution in [0.2, 0.25) is 0 Å². The molecule has 2 aromatic heterocycles. The number of pyridine rings is 1. The Hall–Kier alpha value is -2.25. The minimum atomic E-state index is -0.00199. The predicted octanol–water partition coefficient (Wildman–Crippen LogP) is 0.931. The van der Waals surface area contributed by atoms with Gasteiger partial charge in [0.05, 0.1) is 18.8 Å². The highest BCUT2D eigenvalue weighted by molar-refractivity contribution is 5.90. The average molecular weight is 341 g/mol.